The number of aryl methyl sites for hydroxylation is 2. The summed E-state index contributed by atoms with van der Waals surface area (Å²) >= 11 is 5.17. The summed E-state index contributed by atoms with van der Waals surface area (Å²) in [6.45, 7) is 7.86. The maximum Gasteiger partial charge on any atom is 0.107 e. The number of ether oxygens (including phenoxy) is 1. The third-order valence-corrected chi connectivity index (χ3v) is 4.14. The van der Waals surface area contributed by atoms with E-state index in [1.54, 1.807) is 0 Å². The van der Waals surface area contributed by atoms with Crippen LogP contribution in [0.4, 0.5) is 5.69 Å². The number of nitrogens with one attached hydrogen (secondary N) is 1. The first-order chi connectivity index (χ1) is 9.49. The summed E-state index contributed by atoms with van der Waals surface area (Å²) in [5.74, 6) is 0.622. The molecule has 0 bridgehead atoms. The van der Waals surface area contributed by atoms with E-state index in [-0.39, 0.29) is 0 Å². The Morgan fingerprint density at radius 3 is 2.70 bits per heavy atom. The van der Waals surface area contributed by atoms with Gasteiger partial charge in [0.1, 0.15) is 4.99 Å². The van der Waals surface area contributed by atoms with Crippen molar-refractivity contribution in [1.29, 1.82) is 0 Å². The molecular formula is C15H23N3OS. The number of pyridine rings is 1. The monoisotopic (exact) mass is 293 g/mol. The number of nitrogens with zero attached hydrogens (tertiary/aromatic N) is 1. The van der Waals surface area contributed by atoms with E-state index in [9.17, 15) is 0 Å². The number of anilines is 1. The Labute approximate surface area is 126 Å². The lowest BCUT2D eigenvalue weighted by Crippen LogP contribution is -2.32. The molecule has 110 valence electrons. The zero-order valence-electron chi connectivity index (χ0n) is 12.4. The quantitative estimate of drug-likeness (QED) is 0.836. The second-order valence-electron chi connectivity index (χ2n) is 5.52. The second-order valence-corrected chi connectivity index (χ2v) is 5.96. The van der Waals surface area contributed by atoms with Crippen LogP contribution in [0.3, 0.4) is 0 Å². The van der Waals surface area contributed by atoms with Crippen LogP contribution < -0.4 is 11.1 Å². The van der Waals surface area contributed by atoms with E-state index in [0.29, 0.717) is 16.9 Å². The minimum Gasteiger partial charge on any atom is -0.389 e. The molecule has 1 aliphatic heterocycles. The van der Waals surface area contributed by atoms with Crippen molar-refractivity contribution >= 4 is 22.9 Å². The maximum atomic E-state index is 5.85. The highest BCUT2D eigenvalue weighted by molar-refractivity contribution is 7.80. The highest BCUT2D eigenvalue weighted by Gasteiger charge is 2.22. The molecule has 1 aliphatic rings. The molecule has 0 aromatic carbocycles. The number of thiocarbonyl (C=S) groups is 1. The van der Waals surface area contributed by atoms with E-state index in [1.807, 2.05) is 19.9 Å². The number of hydrogen-bond acceptors (Lipinski definition) is 4. The molecule has 4 nitrogen and oxygen atoms in total. The van der Waals surface area contributed by atoms with Crippen LogP contribution in [-0.4, -0.2) is 29.2 Å². The van der Waals surface area contributed by atoms with Gasteiger partial charge in [0, 0.05) is 36.3 Å². The molecule has 0 aliphatic carbocycles. The van der Waals surface area contributed by atoms with Crippen LogP contribution in [0.15, 0.2) is 6.07 Å². The molecule has 0 saturated carbocycles. The van der Waals surface area contributed by atoms with Crippen molar-refractivity contribution in [3.05, 3.63) is 23.0 Å². The molecular weight excluding hydrogens is 270 g/mol. The van der Waals surface area contributed by atoms with Crippen LogP contribution in [0, 0.1) is 19.8 Å². The molecule has 1 aromatic heterocycles. The molecule has 5 heteroatoms. The summed E-state index contributed by atoms with van der Waals surface area (Å²) in [5.41, 5.74) is 9.58. The fourth-order valence-corrected chi connectivity index (χ4v) is 3.09. The molecule has 2 rings (SSSR count). The standard InChI is InChI=1S/C15H23N3OS/c1-9-8-13(14(15(16)20)11(3)17-9)18-10(2)12-4-6-19-7-5-12/h8,10,12H,4-7H2,1-3H3,(H2,16,20)(H,17,18). The van der Waals surface area contributed by atoms with Gasteiger partial charge in [0.2, 0.25) is 0 Å². The number of rotatable bonds is 4. The lowest BCUT2D eigenvalue weighted by Gasteiger charge is -2.30. The minimum atomic E-state index is 0.369. The van der Waals surface area contributed by atoms with Crippen molar-refractivity contribution in [2.45, 2.75) is 39.7 Å². The SMILES string of the molecule is Cc1cc(NC(C)C2CCOCC2)c(C(N)=S)c(C)n1. The average molecular weight is 293 g/mol. The normalized spacial score (nSPS) is 17.8. The van der Waals surface area contributed by atoms with Gasteiger partial charge in [-0.2, -0.15) is 0 Å². The summed E-state index contributed by atoms with van der Waals surface area (Å²) in [7, 11) is 0. The van der Waals surface area contributed by atoms with Crippen molar-refractivity contribution in [2.75, 3.05) is 18.5 Å². The zero-order valence-corrected chi connectivity index (χ0v) is 13.2. The van der Waals surface area contributed by atoms with E-state index in [2.05, 4.69) is 17.2 Å². The molecule has 3 N–H and O–H groups in total. The van der Waals surface area contributed by atoms with Gasteiger partial charge in [-0.1, -0.05) is 12.2 Å². The van der Waals surface area contributed by atoms with E-state index in [0.717, 1.165) is 48.7 Å². The Balaban J connectivity index is 2.21. The third-order valence-electron chi connectivity index (χ3n) is 3.93. The summed E-state index contributed by atoms with van der Waals surface area (Å²) in [6, 6.07) is 2.39. The molecule has 0 amide bonds. The maximum absolute atomic E-state index is 5.85. The van der Waals surface area contributed by atoms with E-state index in [1.165, 1.54) is 0 Å². The minimum absolute atomic E-state index is 0.369. The van der Waals surface area contributed by atoms with Crippen LogP contribution in [-0.2, 0) is 4.74 Å². The molecule has 1 aromatic rings. The van der Waals surface area contributed by atoms with Gasteiger partial charge in [-0.05, 0) is 45.6 Å². The molecule has 1 atom stereocenters. The largest absolute Gasteiger partial charge is 0.389 e. The van der Waals surface area contributed by atoms with Gasteiger partial charge in [0.05, 0.1) is 5.56 Å². The van der Waals surface area contributed by atoms with Gasteiger partial charge in [0.15, 0.2) is 0 Å². The summed E-state index contributed by atoms with van der Waals surface area (Å²) in [6.07, 6.45) is 2.19. The van der Waals surface area contributed by atoms with Gasteiger partial charge in [0.25, 0.3) is 0 Å². The highest BCUT2D eigenvalue weighted by atomic mass is 32.1. The Morgan fingerprint density at radius 1 is 1.45 bits per heavy atom. The second kappa shape index (κ2) is 6.50. The summed E-state index contributed by atoms with van der Waals surface area (Å²) in [4.78, 5) is 4.85. The van der Waals surface area contributed by atoms with Gasteiger partial charge in [-0.25, -0.2) is 0 Å². The lowest BCUT2D eigenvalue weighted by atomic mass is 9.92. The molecule has 2 heterocycles. The van der Waals surface area contributed by atoms with E-state index < -0.39 is 0 Å². The van der Waals surface area contributed by atoms with Gasteiger partial charge in [-0.3, -0.25) is 4.98 Å². The number of aromatic nitrogens is 1. The fraction of sp³-hybridized carbons (Fsp3) is 0.600. The van der Waals surface area contributed by atoms with E-state index in [4.69, 9.17) is 22.7 Å². The fourth-order valence-electron chi connectivity index (χ4n) is 2.83. The number of hydrogen-bond donors (Lipinski definition) is 2. The van der Waals surface area contributed by atoms with Crippen molar-refractivity contribution in [3.63, 3.8) is 0 Å². The molecule has 1 saturated heterocycles. The first-order valence-electron chi connectivity index (χ1n) is 7.11. The van der Waals surface area contributed by atoms with Crippen LogP contribution in [0.2, 0.25) is 0 Å². The predicted molar refractivity (Wildman–Crippen MR) is 86.2 cm³/mol. The summed E-state index contributed by atoms with van der Waals surface area (Å²) < 4.78 is 5.42. The first-order valence-corrected chi connectivity index (χ1v) is 7.52. The number of nitrogens with two attached hydrogens (primary N) is 1. The van der Waals surface area contributed by atoms with Crippen molar-refractivity contribution < 1.29 is 4.74 Å². The van der Waals surface area contributed by atoms with Crippen molar-refractivity contribution in [1.82, 2.24) is 4.98 Å². The Bertz CT molecular complexity index is 498. The zero-order chi connectivity index (χ0) is 14.7. The Hall–Kier alpha value is -1.20. The van der Waals surface area contributed by atoms with Crippen LogP contribution in [0.1, 0.15) is 36.7 Å². The topological polar surface area (TPSA) is 60.2 Å². The third kappa shape index (κ3) is 3.46. The van der Waals surface area contributed by atoms with E-state index >= 15 is 0 Å². The van der Waals surface area contributed by atoms with Gasteiger partial charge in [-0.15, -0.1) is 0 Å². The lowest BCUT2D eigenvalue weighted by molar-refractivity contribution is 0.0622. The molecule has 20 heavy (non-hydrogen) atoms. The predicted octanol–water partition coefficient (Wildman–Crippen LogP) is 2.56. The Kier molecular flexibility index (Phi) is 4.94. The summed E-state index contributed by atoms with van der Waals surface area (Å²) in [5, 5.41) is 3.58. The van der Waals surface area contributed by atoms with Gasteiger partial charge >= 0.3 is 0 Å². The van der Waals surface area contributed by atoms with Crippen LogP contribution >= 0.6 is 12.2 Å². The molecule has 0 radical (unpaired) electrons. The molecule has 1 unspecified atom stereocenters. The van der Waals surface area contributed by atoms with Crippen molar-refractivity contribution in [2.24, 2.45) is 11.7 Å². The molecule has 1 fully saturated rings. The van der Waals surface area contributed by atoms with Crippen LogP contribution in [0.5, 0.6) is 0 Å². The average Bonchev–Trinajstić information content (AvgIpc) is 2.38. The Morgan fingerprint density at radius 2 is 2.10 bits per heavy atom. The highest BCUT2D eigenvalue weighted by Crippen LogP contribution is 2.25. The first kappa shape index (κ1) is 15.2. The van der Waals surface area contributed by atoms with Gasteiger partial charge < -0.3 is 15.8 Å². The van der Waals surface area contributed by atoms with Crippen LogP contribution in [0.25, 0.3) is 0 Å². The smallest absolute Gasteiger partial charge is 0.107 e. The van der Waals surface area contributed by atoms with Crippen molar-refractivity contribution in [3.8, 4) is 0 Å². The molecule has 0 spiro atoms.